The van der Waals surface area contributed by atoms with Crippen LogP contribution < -0.4 is 0 Å². The molecule has 0 aliphatic heterocycles. The van der Waals surface area contributed by atoms with Crippen molar-refractivity contribution in [2.75, 3.05) is 6.61 Å². The van der Waals surface area contributed by atoms with Gasteiger partial charge in [-0.25, -0.2) is 0 Å². The molecule has 84 valence electrons. The second kappa shape index (κ2) is 9.32. The molecule has 0 aromatic heterocycles. The summed E-state index contributed by atoms with van der Waals surface area (Å²) in [5, 5.41) is 0.131. The second-order valence-electron chi connectivity index (χ2n) is 3.44. The van der Waals surface area contributed by atoms with E-state index in [1.165, 1.54) is 12.8 Å². The van der Waals surface area contributed by atoms with E-state index in [1.807, 2.05) is 6.92 Å². The number of hydrogen-bond acceptors (Lipinski definition) is 2. The van der Waals surface area contributed by atoms with E-state index < -0.39 is 0 Å². The molecule has 0 saturated carbocycles. The molecular formula is C11H21ClO2. The second-order valence-corrected chi connectivity index (χ2v) is 4.05. The van der Waals surface area contributed by atoms with Crippen molar-refractivity contribution in [1.82, 2.24) is 0 Å². The molecule has 0 aromatic rings. The van der Waals surface area contributed by atoms with Crippen LogP contribution in [0.15, 0.2) is 0 Å². The maximum Gasteiger partial charge on any atom is 0.305 e. The molecule has 1 unspecified atom stereocenters. The molecule has 0 radical (unpaired) electrons. The molecule has 0 aliphatic carbocycles. The topological polar surface area (TPSA) is 26.3 Å². The summed E-state index contributed by atoms with van der Waals surface area (Å²) in [6.07, 6.45) is 5.80. The lowest BCUT2D eigenvalue weighted by molar-refractivity contribution is -0.143. The maximum absolute atomic E-state index is 11.0. The molecule has 0 rings (SSSR count). The zero-order valence-electron chi connectivity index (χ0n) is 9.22. The predicted molar refractivity (Wildman–Crippen MR) is 59.7 cm³/mol. The van der Waals surface area contributed by atoms with E-state index in [0.717, 1.165) is 19.3 Å². The lowest BCUT2D eigenvalue weighted by Crippen LogP contribution is -2.07. The van der Waals surface area contributed by atoms with Crippen LogP contribution in [0.25, 0.3) is 0 Å². The van der Waals surface area contributed by atoms with E-state index in [2.05, 4.69) is 6.92 Å². The average Bonchev–Trinajstić information content (AvgIpc) is 2.16. The molecule has 2 nitrogen and oxygen atoms in total. The summed E-state index contributed by atoms with van der Waals surface area (Å²) >= 11 is 6.05. The first-order chi connectivity index (χ1) is 6.70. The van der Waals surface area contributed by atoms with Gasteiger partial charge in [0.25, 0.3) is 0 Å². The summed E-state index contributed by atoms with van der Waals surface area (Å²) in [4.78, 5) is 11.0. The Morgan fingerprint density at radius 3 is 2.57 bits per heavy atom. The quantitative estimate of drug-likeness (QED) is 0.356. The van der Waals surface area contributed by atoms with Crippen molar-refractivity contribution < 1.29 is 9.53 Å². The molecule has 0 aliphatic rings. The van der Waals surface area contributed by atoms with Gasteiger partial charge in [-0.1, -0.05) is 26.2 Å². The molecule has 0 N–H and O–H groups in total. The Hall–Kier alpha value is -0.240. The number of halogens is 1. The third-order valence-electron chi connectivity index (χ3n) is 2.09. The van der Waals surface area contributed by atoms with Crippen LogP contribution in [0, 0.1) is 0 Å². The van der Waals surface area contributed by atoms with Crippen LogP contribution >= 0.6 is 11.6 Å². The lowest BCUT2D eigenvalue weighted by Gasteiger charge is -2.08. The van der Waals surface area contributed by atoms with Crippen molar-refractivity contribution in [1.29, 1.82) is 0 Å². The number of esters is 1. The van der Waals surface area contributed by atoms with E-state index in [-0.39, 0.29) is 11.3 Å². The summed E-state index contributed by atoms with van der Waals surface area (Å²) in [5.74, 6) is -0.131. The van der Waals surface area contributed by atoms with Gasteiger partial charge in [0.05, 0.1) is 6.61 Å². The lowest BCUT2D eigenvalue weighted by atomic mass is 10.1. The van der Waals surface area contributed by atoms with Crippen LogP contribution in [0.3, 0.4) is 0 Å². The summed E-state index contributed by atoms with van der Waals surface area (Å²) in [6, 6.07) is 0. The fraction of sp³-hybridized carbons (Fsp3) is 0.909. The minimum absolute atomic E-state index is 0.131. The van der Waals surface area contributed by atoms with Crippen molar-refractivity contribution in [3.05, 3.63) is 0 Å². The predicted octanol–water partition coefficient (Wildman–Crippen LogP) is 3.52. The van der Waals surface area contributed by atoms with Crippen molar-refractivity contribution in [3.63, 3.8) is 0 Å². The van der Waals surface area contributed by atoms with Gasteiger partial charge in [-0.15, -0.1) is 11.6 Å². The monoisotopic (exact) mass is 220 g/mol. The smallest absolute Gasteiger partial charge is 0.305 e. The van der Waals surface area contributed by atoms with Gasteiger partial charge in [0, 0.05) is 11.8 Å². The van der Waals surface area contributed by atoms with Crippen molar-refractivity contribution in [2.24, 2.45) is 0 Å². The van der Waals surface area contributed by atoms with Crippen LogP contribution in [0.5, 0.6) is 0 Å². The number of rotatable bonds is 8. The Balaban J connectivity index is 3.33. The molecule has 3 heteroatoms. The van der Waals surface area contributed by atoms with Crippen LogP contribution in [0.1, 0.15) is 52.4 Å². The van der Waals surface area contributed by atoms with Gasteiger partial charge in [0.15, 0.2) is 0 Å². The first kappa shape index (κ1) is 13.8. The van der Waals surface area contributed by atoms with Gasteiger partial charge in [-0.3, -0.25) is 4.79 Å². The normalized spacial score (nSPS) is 12.5. The Bertz CT molecular complexity index is 148. The Morgan fingerprint density at radius 1 is 1.29 bits per heavy atom. The third kappa shape index (κ3) is 8.36. The van der Waals surface area contributed by atoms with Crippen LogP contribution in [-0.4, -0.2) is 18.0 Å². The summed E-state index contributed by atoms with van der Waals surface area (Å²) in [5.41, 5.74) is 0. The number of hydrogen-bond donors (Lipinski definition) is 0. The molecule has 0 spiro atoms. The van der Waals surface area contributed by atoms with Crippen LogP contribution in [0.4, 0.5) is 0 Å². The summed E-state index contributed by atoms with van der Waals surface area (Å²) in [6.45, 7) is 4.45. The molecule has 0 heterocycles. The molecule has 1 atom stereocenters. The third-order valence-corrected chi connectivity index (χ3v) is 2.52. The standard InChI is InChI=1S/C11H21ClO2/c1-3-5-6-7-10(12)8-9-11(13)14-4-2/h10H,3-9H2,1-2H3. The number of unbranched alkanes of at least 4 members (excludes halogenated alkanes) is 2. The van der Waals surface area contributed by atoms with Crippen LogP contribution in [0.2, 0.25) is 0 Å². The number of carbonyl (C=O) groups is 1. The highest BCUT2D eigenvalue weighted by Crippen LogP contribution is 2.14. The van der Waals surface area contributed by atoms with Crippen LogP contribution in [-0.2, 0) is 9.53 Å². The van der Waals surface area contributed by atoms with Crippen molar-refractivity contribution in [2.45, 2.75) is 57.7 Å². The molecule has 0 aromatic carbocycles. The molecule has 14 heavy (non-hydrogen) atoms. The van der Waals surface area contributed by atoms with Gasteiger partial charge in [0.2, 0.25) is 0 Å². The molecule has 0 fully saturated rings. The van der Waals surface area contributed by atoms with Gasteiger partial charge in [-0.05, 0) is 19.8 Å². The summed E-state index contributed by atoms with van der Waals surface area (Å²) < 4.78 is 4.82. The minimum atomic E-state index is -0.131. The van der Waals surface area contributed by atoms with E-state index >= 15 is 0 Å². The van der Waals surface area contributed by atoms with E-state index in [9.17, 15) is 4.79 Å². The van der Waals surface area contributed by atoms with E-state index in [0.29, 0.717) is 13.0 Å². The van der Waals surface area contributed by atoms with Gasteiger partial charge < -0.3 is 4.74 Å². The Labute approximate surface area is 92.0 Å². The van der Waals surface area contributed by atoms with Crippen molar-refractivity contribution >= 4 is 17.6 Å². The number of alkyl halides is 1. The van der Waals surface area contributed by atoms with Gasteiger partial charge in [-0.2, -0.15) is 0 Å². The Morgan fingerprint density at radius 2 is 2.00 bits per heavy atom. The molecule has 0 bridgehead atoms. The molecule has 0 saturated heterocycles. The maximum atomic E-state index is 11.0. The number of ether oxygens (including phenoxy) is 1. The highest BCUT2D eigenvalue weighted by Gasteiger charge is 2.08. The molecular weight excluding hydrogens is 200 g/mol. The van der Waals surface area contributed by atoms with Gasteiger partial charge in [0.1, 0.15) is 0 Å². The zero-order valence-corrected chi connectivity index (χ0v) is 9.98. The largest absolute Gasteiger partial charge is 0.466 e. The fourth-order valence-electron chi connectivity index (χ4n) is 1.27. The fourth-order valence-corrected chi connectivity index (χ4v) is 1.53. The highest BCUT2D eigenvalue weighted by molar-refractivity contribution is 6.20. The van der Waals surface area contributed by atoms with Crippen molar-refractivity contribution in [3.8, 4) is 0 Å². The molecule has 0 amide bonds. The van der Waals surface area contributed by atoms with Gasteiger partial charge >= 0.3 is 5.97 Å². The first-order valence-corrected chi connectivity index (χ1v) is 5.94. The highest BCUT2D eigenvalue weighted by atomic mass is 35.5. The SMILES string of the molecule is CCCCCC(Cl)CCC(=O)OCC. The minimum Gasteiger partial charge on any atom is -0.466 e. The van der Waals surface area contributed by atoms with E-state index in [4.69, 9.17) is 16.3 Å². The average molecular weight is 221 g/mol. The first-order valence-electron chi connectivity index (χ1n) is 5.50. The summed E-state index contributed by atoms with van der Waals surface area (Å²) in [7, 11) is 0. The van der Waals surface area contributed by atoms with E-state index in [1.54, 1.807) is 0 Å². The Kier molecular flexibility index (Phi) is 9.16. The number of carbonyl (C=O) groups excluding carboxylic acids is 1. The zero-order chi connectivity index (χ0) is 10.8.